The molecule has 224 valence electrons. The molecule has 0 saturated carbocycles. The second-order valence-corrected chi connectivity index (χ2v) is 13.1. The van der Waals surface area contributed by atoms with E-state index in [1.807, 2.05) is 20.8 Å². The van der Waals surface area contributed by atoms with E-state index in [1.165, 1.54) is 6.92 Å². The zero-order valence-electron chi connectivity index (χ0n) is 25.4. The van der Waals surface area contributed by atoms with Crippen molar-refractivity contribution in [2.75, 3.05) is 17.6 Å². The van der Waals surface area contributed by atoms with Gasteiger partial charge in [-0.15, -0.1) is 0 Å². The third-order valence-electron chi connectivity index (χ3n) is 7.03. The number of piperidine rings is 1. The Morgan fingerprint density at radius 3 is 2.33 bits per heavy atom. The molecule has 1 fully saturated rings. The first-order chi connectivity index (χ1) is 18.5. The van der Waals surface area contributed by atoms with Crippen molar-refractivity contribution in [3.8, 4) is 5.75 Å². The van der Waals surface area contributed by atoms with E-state index >= 15 is 0 Å². The van der Waals surface area contributed by atoms with Gasteiger partial charge in [-0.05, 0) is 49.5 Å². The fourth-order valence-electron chi connectivity index (χ4n) is 4.60. The topological polar surface area (TPSA) is 119 Å². The number of carbonyl (C=O) groups is 5. The number of Topliss-reactive ketones (excluding diaryl/α,β-unsaturated/α-hetero) is 2. The van der Waals surface area contributed by atoms with Crippen LogP contribution in [0.3, 0.4) is 0 Å². The highest BCUT2D eigenvalue weighted by atomic mass is 127. The van der Waals surface area contributed by atoms with Crippen LogP contribution in [0.25, 0.3) is 0 Å². The lowest BCUT2D eigenvalue weighted by molar-refractivity contribution is -0.135. The number of ether oxygens (including phenoxy) is 1. The van der Waals surface area contributed by atoms with Crippen LogP contribution in [0.15, 0.2) is 18.2 Å². The number of hydrogen-bond donors (Lipinski definition) is 2. The molecule has 0 aliphatic carbocycles. The Balaban J connectivity index is 0.000000747. The van der Waals surface area contributed by atoms with Gasteiger partial charge in [-0.3, -0.25) is 29.3 Å². The van der Waals surface area contributed by atoms with Crippen LogP contribution < -0.4 is 15.4 Å². The number of halogens is 1. The molecular formula is C31H47IN2O6. The lowest BCUT2D eigenvalue weighted by Gasteiger charge is -2.34. The van der Waals surface area contributed by atoms with E-state index in [0.29, 0.717) is 31.4 Å². The number of benzene rings is 1. The molecule has 1 saturated heterocycles. The van der Waals surface area contributed by atoms with Crippen LogP contribution in [-0.2, 0) is 14.4 Å². The van der Waals surface area contributed by atoms with E-state index in [9.17, 15) is 24.0 Å². The van der Waals surface area contributed by atoms with Crippen molar-refractivity contribution < 1.29 is 28.7 Å². The first-order valence-electron chi connectivity index (χ1n) is 14.0. The molecule has 8 nitrogen and oxygen atoms in total. The minimum absolute atomic E-state index is 0.0164. The van der Waals surface area contributed by atoms with E-state index in [1.54, 1.807) is 18.2 Å². The first kappa shape index (κ1) is 35.7. The predicted octanol–water partition coefficient (Wildman–Crippen LogP) is 5.94. The number of rotatable bonds is 13. The van der Waals surface area contributed by atoms with E-state index in [2.05, 4.69) is 60.9 Å². The van der Waals surface area contributed by atoms with Crippen LogP contribution in [0.4, 0.5) is 0 Å². The molecule has 9 heteroatoms. The Morgan fingerprint density at radius 1 is 1.15 bits per heavy atom. The quantitative estimate of drug-likeness (QED) is 0.116. The number of imide groups is 1. The van der Waals surface area contributed by atoms with Gasteiger partial charge in [0.25, 0.3) is 5.91 Å². The molecule has 0 aromatic heterocycles. The molecular weight excluding hydrogens is 623 g/mol. The highest BCUT2D eigenvalue weighted by molar-refractivity contribution is 14.1. The second kappa shape index (κ2) is 16.2. The summed E-state index contributed by atoms with van der Waals surface area (Å²) in [6, 6.07) is 4.95. The normalized spacial score (nSPS) is 16.3. The van der Waals surface area contributed by atoms with Gasteiger partial charge in [0, 0.05) is 34.8 Å². The predicted molar refractivity (Wildman–Crippen MR) is 166 cm³/mol. The summed E-state index contributed by atoms with van der Waals surface area (Å²) in [5.74, 6) is -0.768. The third kappa shape index (κ3) is 12.1. The highest BCUT2D eigenvalue weighted by Gasteiger charge is 2.28. The van der Waals surface area contributed by atoms with Crippen molar-refractivity contribution in [1.29, 1.82) is 0 Å². The number of alkyl halides is 1. The minimum atomic E-state index is -0.237. The smallest absolute Gasteiger partial charge is 0.257 e. The molecule has 1 aliphatic rings. The number of hydrogen-bond acceptors (Lipinski definition) is 6. The van der Waals surface area contributed by atoms with Crippen molar-refractivity contribution in [2.24, 2.45) is 22.7 Å². The van der Waals surface area contributed by atoms with Crippen molar-refractivity contribution in [1.82, 2.24) is 10.6 Å². The van der Waals surface area contributed by atoms with Crippen molar-refractivity contribution in [3.63, 3.8) is 0 Å². The summed E-state index contributed by atoms with van der Waals surface area (Å²) in [4.78, 5) is 58.4. The van der Waals surface area contributed by atoms with Crippen LogP contribution in [0, 0.1) is 22.7 Å². The van der Waals surface area contributed by atoms with Crippen LogP contribution in [0.1, 0.15) is 108 Å². The molecule has 2 atom stereocenters. The number of ketones is 2. The fourth-order valence-corrected chi connectivity index (χ4v) is 4.87. The molecule has 3 amide bonds. The maximum absolute atomic E-state index is 12.9. The lowest BCUT2D eigenvalue weighted by Crippen LogP contribution is -2.39. The van der Waals surface area contributed by atoms with E-state index in [4.69, 9.17) is 4.74 Å². The summed E-state index contributed by atoms with van der Waals surface area (Å²) >= 11 is 2.42. The Labute approximate surface area is 253 Å². The van der Waals surface area contributed by atoms with E-state index in [-0.39, 0.29) is 69.9 Å². The molecule has 0 radical (unpaired) electrons. The zero-order chi connectivity index (χ0) is 30.7. The van der Waals surface area contributed by atoms with Gasteiger partial charge in [0.15, 0.2) is 18.2 Å². The average Bonchev–Trinajstić information content (AvgIpc) is 2.88. The van der Waals surface area contributed by atoms with Crippen LogP contribution in [0.5, 0.6) is 5.75 Å². The lowest BCUT2D eigenvalue weighted by atomic mass is 9.74. The van der Waals surface area contributed by atoms with Gasteiger partial charge >= 0.3 is 0 Å². The molecule has 0 bridgehead atoms. The van der Waals surface area contributed by atoms with Crippen LogP contribution >= 0.6 is 22.6 Å². The maximum atomic E-state index is 12.9. The molecule has 1 aliphatic heterocycles. The van der Waals surface area contributed by atoms with Crippen molar-refractivity contribution in [2.45, 2.75) is 87.5 Å². The van der Waals surface area contributed by atoms with Crippen molar-refractivity contribution in [3.05, 3.63) is 29.3 Å². The molecule has 1 aromatic carbocycles. The first-order valence-corrected chi connectivity index (χ1v) is 15.5. The summed E-state index contributed by atoms with van der Waals surface area (Å²) in [5, 5.41) is 5.17. The highest BCUT2D eigenvalue weighted by Crippen LogP contribution is 2.37. The van der Waals surface area contributed by atoms with Gasteiger partial charge in [0.1, 0.15) is 5.75 Å². The molecule has 1 aromatic rings. The monoisotopic (exact) mass is 670 g/mol. The zero-order valence-corrected chi connectivity index (χ0v) is 27.5. The van der Waals surface area contributed by atoms with Gasteiger partial charge in [-0.2, -0.15) is 0 Å². The van der Waals surface area contributed by atoms with E-state index in [0.717, 1.165) is 17.3 Å². The Morgan fingerprint density at radius 2 is 1.80 bits per heavy atom. The van der Waals surface area contributed by atoms with Crippen LogP contribution in [0.2, 0.25) is 0 Å². The maximum Gasteiger partial charge on any atom is 0.257 e. The average molecular weight is 671 g/mol. The minimum Gasteiger partial charge on any atom is -0.483 e. The SMILES string of the molecule is CC1CCC(=O)NC1=O.CC[C@@H](C)C(=O)c1c(OCC(=O)NCCC(C)(C)CC(C)(C)CI)cccc1C(C)=O. The number of carbonyl (C=O) groups excluding carboxylic acids is 5. The van der Waals surface area contributed by atoms with Gasteiger partial charge in [-0.1, -0.05) is 83.2 Å². The molecule has 1 unspecified atom stereocenters. The Bertz CT molecular complexity index is 1070. The number of nitrogens with one attached hydrogen (secondary N) is 2. The fraction of sp³-hybridized carbons (Fsp3) is 0.645. The third-order valence-corrected chi connectivity index (χ3v) is 9.09. The largest absolute Gasteiger partial charge is 0.483 e. The Hall–Kier alpha value is -2.30. The van der Waals surface area contributed by atoms with Gasteiger partial charge in [0.2, 0.25) is 11.8 Å². The van der Waals surface area contributed by atoms with Gasteiger partial charge in [-0.25, -0.2) is 0 Å². The number of amides is 3. The van der Waals surface area contributed by atoms with Crippen LogP contribution in [-0.4, -0.2) is 46.9 Å². The Kier molecular flexibility index (Phi) is 14.5. The second-order valence-electron chi connectivity index (χ2n) is 12.3. The molecule has 2 rings (SSSR count). The van der Waals surface area contributed by atoms with Gasteiger partial charge in [0.05, 0.1) is 5.56 Å². The summed E-state index contributed by atoms with van der Waals surface area (Å²) in [7, 11) is 0. The summed E-state index contributed by atoms with van der Waals surface area (Å²) in [6.45, 7) is 16.4. The molecule has 0 spiro atoms. The summed E-state index contributed by atoms with van der Waals surface area (Å²) in [6.07, 6.45) is 3.80. The summed E-state index contributed by atoms with van der Waals surface area (Å²) in [5.41, 5.74) is 0.994. The van der Waals surface area contributed by atoms with E-state index < -0.39 is 0 Å². The molecule has 40 heavy (non-hydrogen) atoms. The van der Waals surface area contributed by atoms with Crippen molar-refractivity contribution >= 4 is 51.9 Å². The van der Waals surface area contributed by atoms with Gasteiger partial charge < -0.3 is 10.1 Å². The molecule has 2 N–H and O–H groups in total. The molecule has 1 heterocycles. The standard InChI is InChI=1S/C25H38INO4.C6H9NO2/c1-8-17(2)23(30)22-19(18(3)28)10-9-11-20(22)31-14-21(29)27-13-12-24(4,5)15-25(6,7)16-26;1-4-2-3-5(8)7-6(4)9/h9-11,17H,8,12-16H2,1-7H3,(H,27,29);4H,2-3H2,1H3,(H,7,8,9)/t17-;/m1./s1. The summed E-state index contributed by atoms with van der Waals surface area (Å²) < 4.78 is 6.79.